The van der Waals surface area contributed by atoms with E-state index in [0.717, 1.165) is 18.6 Å². The normalized spacial score (nSPS) is 12.6. The molecule has 1 atom stereocenters. The average molecular weight is 343 g/mol. The molecule has 0 aliphatic heterocycles. The molecule has 0 aliphatic rings. The molecule has 0 fully saturated rings. The summed E-state index contributed by atoms with van der Waals surface area (Å²) in [4.78, 5) is 1.25. The van der Waals surface area contributed by atoms with Crippen LogP contribution in [0.4, 0.5) is 0 Å². The van der Waals surface area contributed by atoms with Crippen LogP contribution in [0, 0.1) is 17.8 Å². The average Bonchev–Trinajstić information content (AvgIpc) is 3.04. The largest absolute Gasteiger partial charge is 0.485 e. The van der Waals surface area contributed by atoms with E-state index < -0.39 is 8.07 Å². The number of unbranched alkanes of at least 4 members (excludes halogenated alkanes) is 1. The van der Waals surface area contributed by atoms with Crippen molar-refractivity contribution in [2.45, 2.75) is 44.6 Å². The van der Waals surface area contributed by atoms with Gasteiger partial charge in [0.2, 0.25) is 0 Å². The number of benzene rings is 1. The topological polar surface area (TPSA) is 33.0 Å². The molecule has 1 heterocycles. The zero-order valence-corrected chi connectivity index (χ0v) is 15.9. The molecule has 0 saturated heterocycles. The molecule has 2 rings (SSSR count). The van der Waals surface area contributed by atoms with Crippen LogP contribution < -0.4 is 4.74 Å². The van der Waals surface area contributed by atoms with E-state index in [-0.39, 0.29) is 6.10 Å². The summed E-state index contributed by atoms with van der Waals surface area (Å²) < 4.78 is 6.17. The number of nitrogens with zero attached hydrogens (tertiary/aromatic N) is 1. The van der Waals surface area contributed by atoms with Crippen molar-refractivity contribution >= 4 is 19.4 Å². The summed E-state index contributed by atoms with van der Waals surface area (Å²) >= 11 is 1.73. The molecule has 0 aliphatic carbocycles. The second kappa shape index (κ2) is 8.33. The monoisotopic (exact) mass is 342 g/mol. The lowest BCUT2D eigenvalue weighted by atomic mass is 10.1. The van der Waals surface area contributed by atoms with Crippen molar-refractivity contribution in [3.05, 3.63) is 58.6 Å². The van der Waals surface area contributed by atoms with Gasteiger partial charge in [-0.3, -0.25) is 0 Å². The Balaban J connectivity index is 1.96. The fraction of sp³-hybridized carbons (Fsp3) is 0.368. The zero-order valence-electron chi connectivity index (χ0n) is 14.1. The van der Waals surface area contributed by atoms with Gasteiger partial charge in [0.1, 0.15) is 11.9 Å². The maximum absolute atomic E-state index is 8.88. The molecular weight excluding hydrogens is 318 g/mol. The number of nitriles is 1. The summed E-state index contributed by atoms with van der Waals surface area (Å²) in [5, 5.41) is 11.0. The molecule has 1 aromatic carbocycles. The van der Waals surface area contributed by atoms with E-state index in [1.54, 1.807) is 23.5 Å². The number of ether oxygens (including phenoxy) is 1. The highest BCUT2D eigenvalue weighted by Gasteiger charge is 2.17. The number of hydrogen-bond acceptors (Lipinski definition) is 3. The number of rotatable bonds is 8. The summed E-state index contributed by atoms with van der Waals surface area (Å²) in [6, 6.07) is 15.0. The van der Waals surface area contributed by atoms with Crippen LogP contribution in [0.2, 0.25) is 25.7 Å². The zero-order chi connectivity index (χ0) is 16.7. The molecule has 1 aromatic heterocycles. The van der Waals surface area contributed by atoms with Crippen LogP contribution >= 0.6 is 11.3 Å². The smallest absolute Gasteiger partial charge is 0.133 e. The molecule has 121 valence electrons. The third-order valence-electron chi connectivity index (χ3n) is 3.60. The van der Waals surface area contributed by atoms with E-state index in [9.17, 15) is 0 Å². The fourth-order valence-corrected chi connectivity index (χ4v) is 4.11. The first-order chi connectivity index (χ1) is 11.0. The van der Waals surface area contributed by atoms with Gasteiger partial charge in [-0.2, -0.15) is 5.26 Å². The van der Waals surface area contributed by atoms with Gasteiger partial charge in [0.25, 0.3) is 0 Å². The molecule has 0 bridgehead atoms. The fourth-order valence-electron chi connectivity index (χ4n) is 2.27. The van der Waals surface area contributed by atoms with E-state index in [1.165, 1.54) is 10.9 Å². The minimum Gasteiger partial charge on any atom is -0.485 e. The van der Waals surface area contributed by atoms with Gasteiger partial charge in [0.15, 0.2) is 0 Å². The summed E-state index contributed by atoms with van der Waals surface area (Å²) in [7, 11) is -0.980. The Labute approximate surface area is 144 Å². The second-order valence-corrected chi connectivity index (χ2v) is 13.5. The predicted octanol–water partition coefficient (Wildman–Crippen LogP) is 6.06. The van der Waals surface area contributed by atoms with E-state index in [0.29, 0.717) is 5.56 Å². The lowest BCUT2D eigenvalue weighted by molar-refractivity contribution is 0.207. The molecule has 2 aromatic rings. The first-order valence-corrected chi connectivity index (χ1v) is 12.6. The molecule has 0 N–H and O–H groups in total. The molecule has 2 nitrogen and oxygen atoms in total. The molecule has 4 heteroatoms. The maximum Gasteiger partial charge on any atom is 0.133 e. The maximum atomic E-state index is 8.88. The molecule has 0 spiro atoms. The van der Waals surface area contributed by atoms with Gasteiger partial charge in [-0.1, -0.05) is 38.2 Å². The minimum absolute atomic E-state index is 0.0598. The first-order valence-electron chi connectivity index (χ1n) is 8.00. The van der Waals surface area contributed by atoms with Crippen molar-refractivity contribution in [1.82, 2.24) is 0 Å². The Hall–Kier alpha value is -1.57. The third-order valence-corrected chi connectivity index (χ3v) is 6.35. The van der Waals surface area contributed by atoms with Crippen molar-refractivity contribution in [3.8, 4) is 11.8 Å². The van der Waals surface area contributed by atoms with Gasteiger partial charge in [-0.15, -0.1) is 11.3 Å². The Morgan fingerprint density at radius 1 is 1.22 bits per heavy atom. The second-order valence-electron chi connectivity index (χ2n) is 6.88. The Morgan fingerprint density at radius 2 is 1.96 bits per heavy atom. The van der Waals surface area contributed by atoms with Gasteiger partial charge >= 0.3 is 0 Å². The summed E-state index contributed by atoms with van der Waals surface area (Å²) in [5.41, 5.74) is 0.659. The molecule has 0 saturated carbocycles. The van der Waals surface area contributed by atoms with Crippen molar-refractivity contribution in [2.24, 2.45) is 0 Å². The van der Waals surface area contributed by atoms with Crippen LogP contribution in [0.1, 0.15) is 29.4 Å². The molecular formula is C19H24NOSSi. The van der Waals surface area contributed by atoms with Crippen LogP contribution in [0.15, 0.2) is 41.8 Å². The Bertz CT molecular complexity index is 623. The predicted molar refractivity (Wildman–Crippen MR) is 101 cm³/mol. The highest BCUT2D eigenvalue weighted by atomic mass is 32.1. The van der Waals surface area contributed by atoms with Crippen LogP contribution in [-0.4, -0.2) is 8.07 Å². The van der Waals surface area contributed by atoms with Gasteiger partial charge in [0.05, 0.1) is 11.6 Å². The van der Waals surface area contributed by atoms with Crippen molar-refractivity contribution in [1.29, 1.82) is 5.26 Å². The Morgan fingerprint density at radius 3 is 2.52 bits per heavy atom. The third kappa shape index (κ3) is 6.21. The van der Waals surface area contributed by atoms with Gasteiger partial charge in [-0.25, -0.2) is 0 Å². The summed E-state index contributed by atoms with van der Waals surface area (Å²) in [5.74, 6) is 0.820. The van der Waals surface area contributed by atoms with E-state index in [2.05, 4.69) is 49.6 Å². The first kappa shape index (κ1) is 17.8. The lowest BCUT2D eigenvalue weighted by Gasteiger charge is -2.19. The van der Waals surface area contributed by atoms with Crippen molar-refractivity contribution < 1.29 is 4.74 Å². The molecule has 23 heavy (non-hydrogen) atoms. The van der Waals surface area contributed by atoms with Crippen molar-refractivity contribution in [3.63, 3.8) is 0 Å². The lowest BCUT2D eigenvalue weighted by Crippen LogP contribution is -2.19. The number of hydrogen-bond donors (Lipinski definition) is 0. The van der Waals surface area contributed by atoms with Crippen LogP contribution in [0.5, 0.6) is 5.75 Å². The molecule has 1 radical (unpaired) electrons. The van der Waals surface area contributed by atoms with Crippen molar-refractivity contribution in [2.75, 3.05) is 0 Å². The van der Waals surface area contributed by atoms with E-state index >= 15 is 0 Å². The van der Waals surface area contributed by atoms with Crippen LogP contribution in [0.3, 0.4) is 0 Å². The van der Waals surface area contributed by atoms with E-state index in [4.69, 9.17) is 10.00 Å². The standard InChI is InChI=1S/C19H24NOSSi/c1-23(2,3)14-5-4-7-18(19-8-6-13-22-19)21-17-11-9-16(15-20)10-12-17/h4,6,8-13,18H,5,7,14H2,1-3H3/t18-/m0/s1. The van der Waals surface area contributed by atoms with Gasteiger partial charge in [-0.05, 0) is 48.6 Å². The van der Waals surface area contributed by atoms with Gasteiger partial charge < -0.3 is 4.74 Å². The number of thiophene rings is 1. The highest BCUT2D eigenvalue weighted by Crippen LogP contribution is 2.30. The minimum atomic E-state index is -0.980. The molecule has 0 unspecified atom stereocenters. The quantitative estimate of drug-likeness (QED) is 0.431. The summed E-state index contributed by atoms with van der Waals surface area (Å²) in [6.07, 6.45) is 4.51. The van der Waals surface area contributed by atoms with E-state index in [1.807, 2.05) is 12.1 Å². The molecule has 0 amide bonds. The highest BCUT2D eigenvalue weighted by molar-refractivity contribution is 7.10. The Kier molecular flexibility index (Phi) is 6.44. The van der Waals surface area contributed by atoms with Crippen LogP contribution in [-0.2, 0) is 0 Å². The SMILES string of the molecule is C[Si](C)(C)CC[CH]C[C@H](Oc1ccc(C#N)cc1)c1cccs1. The summed E-state index contributed by atoms with van der Waals surface area (Å²) in [6.45, 7) is 7.22. The van der Waals surface area contributed by atoms with Gasteiger partial charge in [0, 0.05) is 13.0 Å². The van der Waals surface area contributed by atoms with Crippen LogP contribution in [0.25, 0.3) is 0 Å².